The van der Waals surface area contributed by atoms with E-state index in [-0.39, 0.29) is 11.1 Å². The molecule has 0 saturated carbocycles. The Balaban J connectivity index is 2.32. The first kappa shape index (κ1) is 26.3. The molecular formula is C23H37NO8. The Labute approximate surface area is 189 Å². The number of nitrogens with one attached hydrogen (secondary N) is 1. The third kappa shape index (κ3) is 7.05. The number of benzene rings is 1. The van der Waals surface area contributed by atoms with Gasteiger partial charge in [0.15, 0.2) is 6.10 Å². The summed E-state index contributed by atoms with van der Waals surface area (Å²) in [5.41, 5.74) is 0.919. The van der Waals surface area contributed by atoms with Crippen LogP contribution in [-0.4, -0.2) is 68.2 Å². The smallest absolute Gasteiger partial charge is 0.335 e. The van der Waals surface area contributed by atoms with Gasteiger partial charge in [0.25, 0.3) is 0 Å². The van der Waals surface area contributed by atoms with Crippen molar-refractivity contribution in [2.45, 2.75) is 103 Å². The van der Waals surface area contributed by atoms with Crippen molar-refractivity contribution in [1.82, 2.24) is 0 Å². The summed E-state index contributed by atoms with van der Waals surface area (Å²) in [7, 11) is 0. The molecule has 1 aliphatic heterocycles. The Bertz CT molecular complexity index is 776. The quantitative estimate of drug-likeness (QED) is 0.379. The Morgan fingerprint density at radius 1 is 1.09 bits per heavy atom. The summed E-state index contributed by atoms with van der Waals surface area (Å²) in [6.07, 6.45) is -6.53. The van der Waals surface area contributed by atoms with E-state index in [1.165, 1.54) is 0 Å². The summed E-state index contributed by atoms with van der Waals surface area (Å²) in [6, 6.07) is 5.34. The molecule has 2 rings (SSSR count). The summed E-state index contributed by atoms with van der Waals surface area (Å²) in [4.78, 5) is 11.4. The van der Waals surface area contributed by atoms with E-state index in [0.717, 1.165) is 18.4 Å². The first-order valence-electron chi connectivity index (χ1n) is 10.9. The van der Waals surface area contributed by atoms with Gasteiger partial charge in [-0.15, -0.1) is 0 Å². The Hall–Kier alpha value is -1.91. The maximum Gasteiger partial charge on any atom is 0.335 e. The van der Waals surface area contributed by atoms with Crippen molar-refractivity contribution in [2.75, 3.05) is 5.32 Å². The lowest BCUT2D eigenvalue weighted by Gasteiger charge is -2.39. The predicted octanol–water partition coefficient (Wildman–Crippen LogP) is 2.26. The second-order valence-corrected chi connectivity index (χ2v) is 9.84. The maximum atomic E-state index is 11.4. The Kier molecular flexibility index (Phi) is 8.52. The molecule has 1 heterocycles. The van der Waals surface area contributed by atoms with Crippen LogP contribution in [0.4, 0.5) is 5.69 Å². The number of rotatable bonds is 9. The van der Waals surface area contributed by atoms with Crippen LogP contribution in [0.15, 0.2) is 18.2 Å². The van der Waals surface area contributed by atoms with E-state index in [2.05, 4.69) is 12.2 Å². The number of aliphatic hydroxyl groups excluding tert-OH is 3. The minimum Gasteiger partial charge on any atom is -0.479 e. The number of anilines is 1. The van der Waals surface area contributed by atoms with E-state index in [4.69, 9.17) is 14.2 Å². The number of hydrogen-bond donors (Lipinski definition) is 5. The van der Waals surface area contributed by atoms with E-state index < -0.39 is 36.7 Å². The van der Waals surface area contributed by atoms with Crippen LogP contribution in [0.2, 0.25) is 0 Å². The molecule has 9 nitrogen and oxygen atoms in total. The van der Waals surface area contributed by atoms with Gasteiger partial charge in [-0.2, -0.15) is 0 Å². The second kappa shape index (κ2) is 10.4. The highest BCUT2D eigenvalue weighted by molar-refractivity contribution is 5.73. The van der Waals surface area contributed by atoms with Crippen molar-refractivity contribution in [3.05, 3.63) is 23.8 Å². The molecule has 0 spiro atoms. The van der Waals surface area contributed by atoms with E-state index in [9.17, 15) is 25.2 Å². The summed E-state index contributed by atoms with van der Waals surface area (Å²) < 4.78 is 16.9. The molecule has 5 N–H and O–H groups in total. The number of carbonyl (C=O) groups is 1. The van der Waals surface area contributed by atoms with Crippen LogP contribution < -0.4 is 10.1 Å². The zero-order valence-electron chi connectivity index (χ0n) is 19.7. The lowest BCUT2D eigenvalue weighted by Crippen LogP contribution is -2.61. The van der Waals surface area contributed by atoms with E-state index in [1.807, 2.05) is 40.7 Å². The normalized spacial score (nSPS) is 26.6. The minimum atomic E-state index is -1.78. The average Bonchev–Trinajstić information content (AvgIpc) is 2.67. The van der Waals surface area contributed by atoms with E-state index in [0.29, 0.717) is 18.0 Å². The topological polar surface area (TPSA) is 138 Å². The van der Waals surface area contributed by atoms with Gasteiger partial charge in [0, 0.05) is 5.54 Å². The summed E-state index contributed by atoms with van der Waals surface area (Å²) in [6.45, 7) is 12.5. The van der Waals surface area contributed by atoms with Crippen molar-refractivity contribution in [2.24, 2.45) is 0 Å². The fraction of sp³-hybridized carbons (Fsp3) is 0.696. The second-order valence-electron chi connectivity index (χ2n) is 9.84. The summed E-state index contributed by atoms with van der Waals surface area (Å²) in [5.74, 6) is -1.15. The van der Waals surface area contributed by atoms with Crippen molar-refractivity contribution >= 4 is 11.7 Å². The number of aliphatic hydroxyl groups is 3. The van der Waals surface area contributed by atoms with Crippen LogP contribution in [0.1, 0.15) is 59.9 Å². The molecule has 9 heteroatoms. The van der Waals surface area contributed by atoms with Crippen LogP contribution in [0.3, 0.4) is 0 Å². The van der Waals surface area contributed by atoms with Crippen molar-refractivity contribution < 1.29 is 39.4 Å². The van der Waals surface area contributed by atoms with Gasteiger partial charge in [-0.1, -0.05) is 19.4 Å². The van der Waals surface area contributed by atoms with Crippen LogP contribution in [0, 0.1) is 0 Å². The number of carboxylic acids is 1. The highest BCUT2D eigenvalue weighted by Crippen LogP contribution is 2.33. The van der Waals surface area contributed by atoms with E-state index in [1.54, 1.807) is 12.1 Å². The molecule has 5 unspecified atom stereocenters. The number of hydrogen-bond acceptors (Lipinski definition) is 8. The van der Waals surface area contributed by atoms with Gasteiger partial charge < -0.3 is 40.0 Å². The van der Waals surface area contributed by atoms with Crippen molar-refractivity contribution in [3.8, 4) is 5.75 Å². The minimum absolute atomic E-state index is 0.276. The van der Waals surface area contributed by atoms with Crippen LogP contribution >= 0.6 is 0 Å². The zero-order valence-corrected chi connectivity index (χ0v) is 19.7. The van der Waals surface area contributed by atoms with Crippen LogP contribution in [0.25, 0.3) is 0 Å². The van der Waals surface area contributed by atoms with Crippen molar-refractivity contribution in [1.29, 1.82) is 0 Å². The van der Waals surface area contributed by atoms with Crippen LogP contribution in [-0.2, 0) is 20.9 Å². The molecule has 1 aromatic carbocycles. The first-order valence-corrected chi connectivity index (χ1v) is 10.9. The molecule has 1 aromatic rings. The molecule has 1 saturated heterocycles. The third-order valence-electron chi connectivity index (χ3n) is 5.12. The molecule has 1 aliphatic rings. The Morgan fingerprint density at radius 2 is 1.75 bits per heavy atom. The monoisotopic (exact) mass is 455 g/mol. The lowest BCUT2D eigenvalue weighted by molar-refractivity contribution is -0.271. The molecule has 0 radical (unpaired) electrons. The lowest BCUT2D eigenvalue weighted by atomic mass is 9.98. The molecule has 0 aliphatic carbocycles. The first-order chi connectivity index (χ1) is 14.7. The largest absolute Gasteiger partial charge is 0.479 e. The van der Waals surface area contributed by atoms with Gasteiger partial charge >= 0.3 is 5.97 Å². The SMILES string of the molecule is CCCC(C)(C)Nc1cc(COC(C)(C)C)ccc1OC1OC(C(=O)O)C(O)C(O)C1O. The average molecular weight is 456 g/mol. The molecule has 0 amide bonds. The van der Waals surface area contributed by atoms with Crippen LogP contribution in [0.5, 0.6) is 5.75 Å². The summed E-state index contributed by atoms with van der Waals surface area (Å²) >= 11 is 0. The number of carboxylic acid groups (broad SMARTS) is 1. The molecular weight excluding hydrogens is 418 g/mol. The molecule has 0 bridgehead atoms. The standard InChI is InChI=1S/C23H37NO8/c1-7-10-23(5,6)24-14-11-13(12-30-22(2,3)4)8-9-15(14)31-21-18(27)16(25)17(26)19(32-21)20(28)29/h8-9,11,16-19,21,24-27H,7,10,12H2,1-6H3,(H,28,29). The summed E-state index contributed by atoms with van der Waals surface area (Å²) in [5, 5.41) is 43.0. The fourth-order valence-electron chi connectivity index (χ4n) is 3.49. The fourth-order valence-corrected chi connectivity index (χ4v) is 3.49. The van der Waals surface area contributed by atoms with Gasteiger partial charge in [-0.25, -0.2) is 4.79 Å². The number of aliphatic carboxylic acids is 1. The van der Waals surface area contributed by atoms with E-state index >= 15 is 0 Å². The Morgan fingerprint density at radius 3 is 2.31 bits per heavy atom. The van der Waals surface area contributed by atoms with Gasteiger partial charge in [-0.05, 0) is 58.7 Å². The van der Waals surface area contributed by atoms with Gasteiger partial charge in [0.05, 0.1) is 17.9 Å². The van der Waals surface area contributed by atoms with Gasteiger partial charge in [-0.3, -0.25) is 0 Å². The number of ether oxygens (including phenoxy) is 3. The highest BCUT2D eigenvalue weighted by atomic mass is 16.7. The van der Waals surface area contributed by atoms with Crippen molar-refractivity contribution in [3.63, 3.8) is 0 Å². The molecule has 182 valence electrons. The third-order valence-corrected chi connectivity index (χ3v) is 5.12. The zero-order chi connectivity index (χ0) is 24.3. The van der Waals surface area contributed by atoms with Gasteiger partial charge in [0.2, 0.25) is 6.29 Å². The van der Waals surface area contributed by atoms with Gasteiger partial charge in [0.1, 0.15) is 24.1 Å². The molecule has 5 atom stereocenters. The maximum absolute atomic E-state index is 11.4. The predicted molar refractivity (Wildman–Crippen MR) is 119 cm³/mol. The molecule has 1 fully saturated rings. The highest BCUT2D eigenvalue weighted by Gasteiger charge is 2.48. The molecule has 0 aromatic heterocycles. The molecule has 32 heavy (non-hydrogen) atoms.